The number of halogens is 1. The Balaban J connectivity index is 0.000000265. The minimum atomic E-state index is -0.645. The van der Waals surface area contributed by atoms with Gasteiger partial charge in [-0.05, 0) is 23.6 Å². The maximum atomic E-state index is 12.7. The summed E-state index contributed by atoms with van der Waals surface area (Å²) >= 11 is 4.96. The third-order valence-electron chi connectivity index (χ3n) is 3.62. The van der Waals surface area contributed by atoms with Crippen molar-refractivity contribution in [2.75, 3.05) is 20.0 Å². The summed E-state index contributed by atoms with van der Waals surface area (Å²) in [5.74, 6) is -1.11. The zero-order valence-corrected chi connectivity index (χ0v) is 18.7. The molecule has 3 aromatic rings. The molecule has 7 nitrogen and oxygen atoms in total. The number of fused-ring (bicyclic) bond motifs is 1. The van der Waals surface area contributed by atoms with Crippen LogP contribution < -0.4 is 0 Å². The van der Waals surface area contributed by atoms with Gasteiger partial charge in [0, 0.05) is 10.3 Å². The number of rotatable bonds is 3. The van der Waals surface area contributed by atoms with Crippen molar-refractivity contribution >= 4 is 63.7 Å². The summed E-state index contributed by atoms with van der Waals surface area (Å²) in [6.45, 7) is 13.4. The maximum Gasteiger partial charge on any atom is 0.348 e. The highest BCUT2D eigenvalue weighted by molar-refractivity contribution is 7.81. The summed E-state index contributed by atoms with van der Waals surface area (Å²) in [6.07, 6.45) is 0.420. The highest BCUT2D eigenvalue weighted by Crippen LogP contribution is 2.29. The van der Waals surface area contributed by atoms with Crippen LogP contribution in [0.15, 0.2) is 42.5 Å². The van der Waals surface area contributed by atoms with E-state index in [9.17, 15) is 18.8 Å². The van der Waals surface area contributed by atoms with Gasteiger partial charge in [-0.2, -0.15) is 12.6 Å². The Morgan fingerprint density at radius 2 is 1.69 bits per heavy atom. The van der Waals surface area contributed by atoms with Gasteiger partial charge in [-0.3, -0.25) is 9.59 Å². The van der Waals surface area contributed by atoms with Gasteiger partial charge in [0.25, 0.3) is 0 Å². The van der Waals surface area contributed by atoms with Crippen LogP contribution in [0.4, 0.5) is 15.8 Å². The molecule has 10 heteroatoms. The van der Waals surface area contributed by atoms with Gasteiger partial charge in [-0.15, -0.1) is 11.3 Å². The quantitative estimate of drug-likeness (QED) is 0.235. The molecular weight excluding hydrogens is 455 g/mol. The molecule has 0 N–H and O–H groups in total. The molecule has 0 amide bonds. The SMILES string of the molecule is COC(=O)CS.[C-]#[N+]c1ccc(C=O)c(F)c1.[C-]#[N+]c1ccc2cc(C(=O)OC)sc2c1. The Labute approximate surface area is 193 Å². The van der Waals surface area contributed by atoms with Crippen LogP contribution >= 0.6 is 24.0 Å². The van der Waals surface area contributed by atoms with E-state index in [1.807, 2.05) is 6.07 Å². The van der Waals surface area contributed by atoms with Crippen molar-refractivity contribution < 1.29 is 28.2 Å². The number of aldehydes is 1. The first-order chi connectivity index (χ1) is 15.3. The number of hydrogen-bond acceptors (Lipinski definition) is 7. The van der Waals surface area contributed by atoms with Crippen molar-refractivity contribution in [3.8, 4) is 0 Å². The number of hydrogen-bond donors (Lipinski definition) is 1. The molecule has 0 bridgehead atoms. The Hall–Kier alpha value is -3.73. The molecule has 2 aromatic carbocycles. The summed E-state index contributed by atoms with van der Waals surface area (Å²) in [6, 6.07) is 10.9. The van der Waals surface area contributed by atoms with Crippen molar-refractivity contribution in [2.24, 2.45) is 0 Å². The van der Waals surface area contributed by atoms with E-state index in [1.165, 1.54) is 37.7 Å². The number of esters is 2. The Kier molecular flexibility index (Phi) is 11.1. The molecule has 3 rings (SSSR count). The number of thiophene rings is 1. The summed E-state index contributed by atoms with van der Waals surface area (Å²) in [5, 5.41) is 0.966. The minimum Gasteiger partial charge on any atom is -0.468 e. The number of methoxy groups -OCH3 is 2. The predicted octanol–water partition coefficient (Wildman–Crippen LogP) is 5.52. The fraction of sp³-hybridized carbons (Fsp3) is 0.136. The van der Waals surface area contributed by atoms with E-state index in [1.54, 1.807) is 18.2 Å². The molecular formula is C22H17FN2O5S2. The standard InChI is InChI=1S/C11H7NO2S.C8H4FNO.C3H6O2S/c1-12-8-4-3-7-5-10(11(13)14-2)15-9(7)6-8;1-10-7-3-2-6(5-11)8(9)4-7;1-5-3(4)2-6/h3-6H,2H3;2-5H;6H,2H2,1H3. The van der Waals surface area contributed by atoms with E-state index < -0.39 is 5.82 Å². The third-order valence-corrected chi connectivity index (χ3v) is 4.95. The summed E-state index contributed by atoms with van der Waals surface area (Å²) in [7, 11) is 2.69. The van der Waals surface area contributed by atoms with E-state index in [2.05, 4.69) is 31.8 Å². The van der Waals surface area contributed by atoms with Gasteiger partial charge < -0.3 is 9.47 Å². The van der Waals surface area contributed by atoms with Gasteiger partial charge in [0.05, 0.1) is 33.1 Å². The number of thiol groups is 1. The van der Waals surface area contributed by atoms with Crippen molar-refractivity contribution in [3.05, 3.63) is 81.6 Å². The van der Waals surface area contributed by atoms with Crippen LogP contribution in [0.5, 0.6) is 0 Å². The molecule has 0 fully saturated rings. The smallest absolute Gasteiger partial charge is 0.348 e. The van der Waals surface area contributed by atoms with Crippen molar-refractivity contribution in [3.63, 3.8) is 0 Å². The van der Waals surface area contributed by atoms with Crippen LogP contribution in [0.1, 0.15) is 20.0 Å². The summed E-state index contributed by atoms with van der Waals surface area (Å²) in [5.41, 5.74) is 0.770. The van der Waals surface area contributed by atoms with Gasteiger partial charge in [0.15, 0.2) is 17.7 Å². The molecule has 0 aliphatic rings. The zero-order valence-electron chi connectivity index (χ0n) is 17.0. The summed E-state index contributed by atoms with van der Waals surface area (Å²) < 4.78 is 22.4. The van der Waals surface area contributed by atoms with Crippen LogP contribution in [-0.2, 0) is 14.3 Å². The molecule has 0 radical (unpaired) electrons. The number of carbonyl (C=O) groups is 3. The normalized spacial score (nSPS) is 9.06. The average molecular weight is 473 g/mol. The molecule has 0 unspecified atom stereocenters. The van der Waals surface area contributed by atoms with Crippen molar-refractivity contribution in [1.82, 2.24) is 0 Å². The highest BCUT2D eigenvalue weighted by atomic mass is 32.1. The molecule has 0 saturated carbocycles. The lowest BCUT2D eigenvalue weighted by molar-refractivity contribution is -0.137. The maximum absolute atomic E-state index is 12.7. The van der Waals surface area contributed by atoms with E-state index in [0.29, 0.717) is 16.9 Å². The Morgan fingerprint density at radius 3 is 2.16 bits per heavy atom. The van der Waals surface area contributed by atoms with Gasteiger partial charge >= 0.3 is 11.9 Å². The molecule has 0 atom stereocenters. The van der Waals surface area contributed by atoms with Crippen molar-refractivity contribution in [1.29, 1.82) is 0 Å². The lowest BCUT2D eigenvalue weighted by Crippen LogP contribution is -1.99. The predicted molar refractivity (Wildman–Crippen MR) is 123 cm³/mol. The van der Waals surface area contributed by atoms with Gasteiger partial charge in [-0.1, -0.05) is 24.3 Å². The second-order valence-corrected chi connectivity index (χ2v) is 7.01. The topological polar surface area (TPSA) is 78.4 Å². The Morgan fingerprint density at radius 1 is 1.06 bits per heavy atom. The van der Waals surface area contributed by atoms with E-state index >= 15 is 0 Å². The number of nitrogens with zero attached hydrogens (tertiary/aromatic N) is 2. The Bertz CT molecular complexity index is 1190. The fourth-order valence-electron chi connectivity index (χ4n) is 2.04. The molecule has 1 heterocycles. The second kappa shape index (κ2) is 13.5. The second-order valence-electron chi connectivity index (χ2n) is 5.61. The van der Waals surface area contributed by atoms with Gasteiger partial charge in [-0.25, -0.2) is 18.9 Å². The molecule has 0 saturated heterocycles. The first-order valence-corrected chi connectivity index (χ1v) is 10.1. The van der Waals surface area contributed by atoms with Crippen LogP contribution in [0.25, 0.3) is 19.8 Å². The van der Waals surface area contributed by atoms with Crippen LogP contribution in [0.3, 0.4) is 0 Å². The molecule has 32 heavy (non-hydrogen) atoms. The highest BCUT2D eigenvalue weighted by Gasteiger charge is 2.10. The van der Waals surface area contributed by atoms with E-state index in [-0.39, 0.29) is 28.9 Å². The van der Waals surface area contributed by atoms with Crippen LogP contribution in [0, 0.1) is 19.0 Å². The van der Waals surface area contributed by atoms with Crippen molar-refractivity contribution in [2.45, 2.75) is 0 Å². The first-order valence-electron chi connectivity index (χ1n) is 8.62. The number of benzene rings is 2. The molecule has 0 spiro atoms. The summed E-state index contributed by atoms with van der Waals surface area (Å²) in [4.78, 5) is 38.2. The third kappa shape index (κ3) is 7.84. The van der Waals surface area contributed by atoms with Crippen LogP contribution in [-0.4, -0.2) is 38.2 Å². The first kappa shape index (κ1) is 26.3. The zero-order chi connectivity index (χ0) is 24.1. The molecule has 164 valence electrons. The fourth-order valence-corrected chi connectivity index (χ4v) is 3.18. The molecule has 0 aliphatic heterocycles. The molecule has 1 aromatic heterocycles. The van der Waals surface area contributed by atoms with Gasteiger partial charge in [0.2, 0.25) is 0 Å². The van der Waals surface area contributed by atoms with Gasteiger partial charge in [0.1, 0.15) is 10.7 Å². The average Bonchev–Trinajstić information content (AvgIpc) is 3.27. The largest absolute Gasteiger partial charge is 0.468 e. The number of carbonyl (C=O) groups excluding carboxylic acids is 3. The molecule has 0 aliphatic carbocycles. The number of ether oxygens (including phenoxy) is 2. The minimum absolute atomic E-state index is 0.0163. The lowest BCUT2D eigenvalue weighted by Gasteiger charge is -1.92. The van der Waals surface area contributed by atoms with Crippen LogP contribution in [0.2, 0.25) is 0 Å². The van der Waals surface area contributed by atoms with E-state index in [4.69, 9.17) is 13.1 Å². The monoisotopic (exact) mass is 472 g/mol. The van der Waals surface area contributed by atoms with E-state index in [0.717, 1.165) is 16.2 Å². The lowest BCUT2D eigenvalue weighted by atomic mass is 10.2.